The normalized spacial score (nSPS) is 9.50. The lowest BCUT2D eigenvalue weighted by atomic mass is 10.1. The van der Waals surface area contributed by atoms with Crippen molar-refractivity contribution in [2.75, 3.05) is 11.9 Å². The highest BCUT2D eigenvalue weighted by Gasteiger charge is 2.00. The first-order valence-corrected chi connectivity index (χ1v) is 4.63. The van der Waals surface area contributed by atoms with E-state index >= 15 is 0 Å². The Morgan fingerprint density at radius 1 is 1.19 bits per heavy atom. The minimum atomic E-state index is -1.12. The van der Waals surface area contributed by atoms with Gasteiger partial charge >= 0.3 is 12.2 Å². The van der Waals surface area contributed by atoms with Gasteiger partial charge in [0.05, 0.1) is 0 Å². The van der Waals surface area contributed by atoms with Gasteiger partial charge < -0.3 is 15.5 Å². The molecule has 0 radical (unpaired) electrons. The molecule has 0 bridgehead atoms. The number of hydrogen-bond donors (Lipinski definition) is 4. The average molecular weight is 224 g/mol. The summed E-state index contributed by atoms with van der Waals surface area (Å²) in [7, 11) is 0. The topological polar surface area (TPSA) is 98.7 Å². The molecular weight excluding hydrogens is 212 g/mol. The Kier molecular flexibility index (Phi) is 4.14. The molecule has 0 spiro atoms. The molecule has 0 atom stereocenters. The number of nitrogens with one attached hydrogen (secondary N) is 2. The molecule has 0 aromatic heterocycles. The van der Waals surface area contributed by atoms with Crippen LogP contribution in [0.2, 0.25) is 0 Å². The van der Waals surface area contributed by atoms with Gasteiger partial charge in [0.2, 0.25) is 0 Å². The van der Waals surface area contributed by atoms with Crippen molar-refractivity contribution in [3.63, 3.8) is 0 Å². The SMILES string of the molecule is O=C(O)NCCc1cccc(NC(=O)O)c1. The van der Waals surface area contributed by atoms with E-state index in [-0.39, 0.29) is 0 Å². The highest BCUT2D eigenvalue weighted by Crippen LogP contribution is 2.10. The Hall–Kier alpha value is -2.24. The monoisotopic (exact) mass is 224 g/mol. The maximum Gasteiger partial charge on any atom is 0.409 e. The van der Waals surface area contributed by atoms with Crippen LogP contribution in [0.4, 0.5) is 15.3 Å². The number of hydrogen-bond acceptors (Lipinski definition) is 2. The molecule has 0 unspecified atom stereocenters. The van der Waals surface area contributed by atoms with Gasteiger partial charge in [-0.05, 0) is 24.1 Å². The van der Waals surface area contributed by atoms with Crippen molar-refractivity contribution in [3.8, 4) is 0 Å². The van der Waals surface area contributed by atoms with Gasteiger partial charge in [-0.1, -0.05) is 12.1 Å². The quantitative estimate of drug-likeness (QED) is 0.624. The summed E-state index contributed by atoms with van der Waals surface area (Å²) in [6.07, 6.45) is -1.68. The van der Waals surface area contributed by atoms with Crippen molar-refractivity contribution in [1.82, 2.24) is 5.32 Å². The van der Waals surface area contributed by atoms with Crippen LogP contribution in [0, 0.1) is 0 Å². The third-order valence-corrected chi connectivity index (χ3v) is 1.87. The molecule has 0 saturated heterocycles. The van der Waals surface area contributed by atoms with Crippen LogP contribution in [-0.2, 0) is 6.42 Å². The second kappa shape index (κ2) is 5.59. The summed E-state index contributed by atoms with van der Waals surface area (Å²) in [4.78, 5) is 20.6. The average Bonchev–Trinajstić information content (AvgIpc) is 2.16. The van der Waals surface area contributed by atoms with Gasteiger partial charge in [0, 0.05) is 12.2 Å². The van der Waals surface area contributed by atoms with Crippen molar-refractivity contribution in [2.45, 2.75) is 6.42 Å². The second-order valence-corrected chi connectivity index (χ2v) is 3.11. The fraction of sp³-hybridized carbons (Fsp3) is 0.200. The zero-order valence-electron chi connectivity index (χ0n) is 8.43. The Morgan fingerprint density at radius 2 is 1.94 bits per heavy atom. The van der Waals surface area contributed by atoms with Crippen LogP contribution < -0.4 is 10.6 Å². The number of amides is 2. The highest BCUT2D eigenvalue weighted by atomic mass is 16.4. The fourth-order valence-corrected chi connectivity index (χ4v) is 1.24. The minimum Gasteiger partial charge on any atom is -0.465 e. The van der Waals surface area contributed by atoms with Gasteiger partial charge in [0.25, 0.3) is 0 Å². The van der Waals surface area contributed by atoms with Gasteiger partial charge in [0.15, 0.2) is 0 Å². The van der Waals surface area contributed by atoms with Crippen LogP contribution in [0.15, 0.2) is 24.3 Å². The molecule has 0 aliphatic carbocycles. The van der Waals surface area contributed by atoms with E-state index in [1.54, 1.807) is 24.3 Å². The van der Waals surface area contributed by atoms with Crippen molar-refractivity contribution in [1.29, 1.82) is 0 Å². The number of carboxylic acid groups (broad SMARTS) is 2. The molecule has 6 nitrogen and oxygen atoms in total. The van der Waals surface area contributed by atoms with E-state index < -0.39 is 12.2 Å². The van der Waals surface area contributed by atoms with Crippen molar-refractivity contribution in [2.24, 2.45) is 0 Å². The van der Waals surface area contributed by atoms with E-state index in [9.17, 15) is 9.59 Å². The Morgan fingerprint density at radius 3 is 2.56 bits per heavy atom. The lowest BCUT2D eigenvalue weighted by molar-refractivity contribution is 0.194. The fourth-order valence-electron chi connectivity index (χ4n) is 1.24. The van der Waals surface area contributed by atoms with Gasteiger partial charge in [-0.2, -0.15) is 0 Å². The summed E-state index contributed by atoms with van der Waals surface area (Å²) < 4.78 is 0. The summed E-state index contributed by atoms with van der Waals surface area (Å²) in [5.74, 6) is 0. The van der Waals surface area contributed by atoms with E-state index in [1.165, 1.54) is 0 Å². The predicted octanol–water partition coefficient (Wildman–Crippen LogP) is 1.59. The highest BCUT2D eigenvalue weighted by molar-refractivity contribution is 5.82. The number of rotatable bonds is 4. The molecule has 1 aromatic rings. The van der Waals surface area contributed by atoms with Gasteiger partial charge in [-0.25, -0.2) is 9.59 Å². The number of anilines is 1. The smallest absolute Gasteiger partial charge is 0.409 e. The largest absolute Gasteiger partial charge is 0.465 e. The van der Waals surface area contributed by atoms with Gasteiger partial charge in [-0.15, -0.1) is 0 Å². The molecule has 6 heteroatoms. The molecule has 2 amide bonds. The Bertz CT molecular complexity index is 392. The van der Waals surface area contributed by atoms with Crippen molar-refractivity contribution >= 4 is 17.9 Å². The third kappa shape index (κ3) is 4.32. The van der Waals surface area contributed by atoms with Crippen LogP contribution in [0.3, 0.4) is 0 Å². The van der Waals surface area contributed by atoms with Crippen molar-refractivity contribution < 1.29 is 19.8 Å². The first kappa shape index (κ1) is 11.8. The standard InChI is InChI=1S/C10H12N2O4/c13-9(14)11-5-4-7-2-1-3-8(6-7)12-10(15)16/h1-3,6,11-12H,4-5H2,(H,13,14)(H,15,16). The zero-order valence-corrected chi connectivity index (χ0v) is 8.43. The van der Waals surface area contributed by atoms with Gasteiger partial charge in [0.1, 0.15) is 0 Å². The Labute approximate surface area is 91.9 Å². The summed E-state index contributed by atoms with van der Waals surface area (Å²) >= 11 is 0. The molecule has 0 fully saturated rings. The second-order valence-electron chi connectivity index (χ2n) is 3.11. The summed E-state index contributed by atoms with van der Waals surface area (Å²) in [5.41, 5.74) is 1.33. The lowest BCUT2D eigenvalue weighted by Gasteiger charge is -2.05. The van der Waals surface area contributed by atoms with Crippen LogP contribution in [-0.4, -0.2) is 28.9 Å². The summed E-state index contributed by atoms with van der Waals surface area (Å²) in [5, 5.41) is 21.3. The van der Waals surface area contributed by atoms with Crippen LogP contribution in [0.25, 0.3) is 0 Å². The minimum absolute atomic E-state index is 0.297. The van der Waals surface area contributed by atoms with E-state index in [4.69, 9.17) is 10.2 Å². The van der Waals surface area contributed by atoms with E-state index in [1.807, 2.05) is 0 Å². The number of carbonyl (C=O) groups is 2. The third-order valence-electron chi connectivity index (χ3n) is 1.87. The maximum atomic E-state index is 10.4. The summed E-state index contributed by atoms with van der Waals surface area (Å²) in [6.45, 7) is 0.297. The first-order chi connectivity index (χ1) is 7.58. The van der Waals surface area contributed by atoms with Gasteiger partial charge in [-0.3, -0.25) is 5.32 Å². The molecule has 16 heavy (non-hydrogen) atoms. The molecule has 4 N–H and O–H groups in total. The van der Waals surface area contributed by atoms with Crippen LogP contribution in [0.1, 0.15) is 5.56 Å². The molecule has 0 heterocycles. The lowest BCUT2D eigenvalue weighted by Crippen LogP contribution is -2.23. The molecule has 86 valence electrons. The van der Waals surface area contributed by atoms with Crippen molar-refractivity contribution in [3.05, 3.63) is 29.8 Å². The molecule has 0 aliphatic rings. The van der Waals surface area contributed by atoms with E-state index in [2.05, 4.69) is 10.6 Å². The molecule has 0 saturated carbocycles. The molecule has 1 aromatic carbocycles. The number of benzene rings is 1. The molecule has 1 rings (SSSR count). The Balaban J connectivity index is 2.53. The molecular formula is C10H12N2O4. The first-order valence-electron chi connectivity index (χ1n) is 4.63. The predicted molar refractivity (Wildman–Crippen MR) is 57.8 cm³/mol. The van der Waals surface area contributed by atoms with Crippen LogP contribution in [0.5, 0.6) is 0 Å². The maximum absolute atomic E-state index is 10.4. The van der Waals surface area contributed by atoms with Crippen LogP contribution >= 0.6 is 0 Å². The zero-order chi connectivity index (χ0) is 12.0. The summed E-state index contributed by atoms with van der Waals surface area (Å²) in [6, 6.07) is 6.80. The van der Waals surface area contributed by atoms with E-state index in [0.29, 0.717) is 18.7 Å². The van der Waals surface area contributed by atoms with E-state index in [0.717, 1.165) is 5.56 Å². The molecule has 0 aliphatic heterocycles.